The molecule has 1 amide bonds. The molecule has 0 spiro atoms. The smallest absolute Gasteiger partial charge is 0.263 e. The lowest BCUT2D eigenvalue weighted by Crippen LogP contribution is -2.15. The number of nitrogens with zero attached hydrogens (tertiary/aromatic N) is 1. The number of thioether (sulfide) groups is 1. The van der Waals surface area contributed by atoms with Gasteiger partial charge in [0.05, 0.1) is 4.91 Å². The van der Waals surface area contributed by atoms with Gasteiger partial charge in [-0.3, -0.25) is 4.79 Å². The van der Waals surface area contributed by atoms with Crippen LogP contribution in [0.1, 0.15) is 39.8 Å². The van der Waals surface area contributed by atoms with Gasteiger partial charge in [0.2, 0.25) is 0 Å². The Morgan fingerprint density at radius 3 is 3.00 bits per heavy atom. The summed E-state index contributed by atoms with van der Waals surface area (Å²) in [6.45, 7) is 4.32. The van der Waals surface area contributed by atoms with E-state index in [2.05, 4.69) is 23.3 Å². The molecule has 1 aliphatic heterocycles. The Bertz CT molecular complexity index is 821. The number of pyridine rings is 1. The van der Waals surface area contributed by atoms with Gasteiger partial charge >= 0.3 is 0 Å². The lowest BCUT2D eigenvalue weighted by molar-refractivity contribution is -0.112. The number of rotatable bonds is 2. The predicted octanol–water partition coefficient (Wildman–Crippen LogP) is 4.80. The third kappa shape index (κ3) is 3.03. The number of hydrogen-bond donors (Lipinski definition) is 1. The van der Waals surface area contributed by atoms with Gasteiger partial charge in [-0.05, 0) is 60.9 Å². The molecule has 0 fully saturated rings. The highest BCUT2D eigenvalue weighted by molar-refractivity contribution is 8.03. The van der Waals surface area contributed by atoms with Crippen molar-refractivity contribution in [2.45, 2.75) is 38.9 Å². The second kappa shape index (κ2) is 6.37. The van der Waals surface area contributed by atoms with Crippen LogP contribution in [0.25, 0.3) is 6.08 Å². The van der Waals surface area contributed by atoms with Crippen LogP contribution in [0, 0.1) is 12.8 Å². The van der Waals surface area contributed by atoms with Crippen molar-refractivity contribution in [3.05, 3.63) is 49.7 Å². The zero-order chi connectivity index (χ0) is 16.7. The maximum Gasteiger partial charge on any atom is 0.263 e. The molecule has 2 aromatic heterocycles. The maximum atomic E-state index is 12.5. The zero-order valence-electron chi connectivity index (χ0n) is 13.9. The molecule has 0 aromatic carbocycles. The third-order valence-electron chi connectivity index (χ3n) is 4.66. The van der Waals surface area contributed by atoms with Gasteiger partial charge in [0, 0.05) is 21.7 Å². The molecule has 2 aliphatic rings. The van der Waals surface area contributed by atoms with E-state index in [-0.39, 0.29) is 5.91 Å². The van der Waals surface area contributed by atoms with Crippen molar-refractivity contribution in [3.8, 4) is 0 Å². The summed E-state index contributed by atoms with van der Waals surface area (Å²) in [5.41, 5.74) is 4.12. The molecular formula is C19H20N2OS2. The minimum atomic E-state index is -0.0539. The number of hydrogen-bond acceptors (Lipinski definition) is 4. The van der Waals surface area contributed by atoms with Crippen molar-refractivity contribution in [1.82, 2.24) is 4.98 Å². The minimum absolute atomic E-state index is 0.0539. The summed E-state index contributed by atoms with van der Waals surface area (Å²) in [7, 11) is 0. The number of carbonyl (C=O) groups excluding carboxylic acids is 1. The first-order valence-electron chi connectivity index (χ1n) is 8.32. The van der Waals surface area contributed by atoms with E-state index in [1.165, 1.54) is 34.6 Å². The van der Waals surface area contributed by atoms with E-state index in [1.54, 1.807) is 23.5 Å². The van der Waals surface area contributed by atoms with Crippen LogP contribution in [-0.2, 0) is 23.4 Å². The standard InChI is InChI=1S/C19H20N2OS2/c1-11-3-5-13-14-10-23-17(8-16(14)24-15(13)7-11)19(22)21-18-6-4-12(2)9-20-18/h4,6,8-9,11H,3,5,7,10H2,1-2H3,(H,20,21,22)/t11-/m1/s1. The monoisotopic (exact) mass is 356 g/mol. The van der Waals surface area contributed by atoms with Crippen LogP contribution in [-0.4, -0.2) is 10.9 Å². The molecule has 0 unspecified atom stereocenters. The Balaban J connectivity index is 1.56. The molecule has 0 bridgehead atoms. The number of fused-ring (bicyclic) bond motifs is 3. The Morgan fingerprint density at radius 2 is 2.21 bits per heavy atom. The van der Waals surface area contributed by atoms with Gasteiger partial charge in [0.1, 0.15) is 5.82 Å². The van der Waals surface area contributed by atoms with Crippen LogP contribution in [0.2, 0.25) is 0 Å². The summed E-state index contributed by atoms with van der Waals surface area (Å²) in [5.74, 6) is 2.25. The number of thiophene rings is 1. The van der Waals surface area contributed by atoms with Crippen LogP contribution in [0.4, 0.5) is 5.82 Å². The van der Waals surface area contributed by atoms with Crippen LogP contribution in [0.5, 0.6) is 0 Å². The van der Waals surface area contributed by atoms with E-state index in [0.29, 0.717) is 5.82 Å². The zero-order valence-corrected chi connectivity index (χ0v) is 15.5. The second-order valence-corrected chi connectivity index (χ2v) is 8.82. The number of carbonyl (C=O) groups is 1. The van der Waals surface area contributed by atoms with Gasteiger partial charge in [0.25, 0.3) is 5.91 Å². The average molecular weight is 357 g/mol. The summed E-state index contributed by atoms with van der Waals surface area (Å²) < 4.78 is 0. The van der Waals surface area contributed by atoms with Crippen LogP contribution >= 0.6 is 23.1 Å². The summed E-state index contributed by atoms with van der Waals surface area (Å²) >= 11 is 3.53. The molecule has 5 heteroatoms. The Labute approximate surface area is 150 Å². The largest absolute Gasteiger partial charge is 0.306 e. The highest BCUT2D eigenvalue weighted by Crippen LogP contribution is 2.43. The van der Waals surface area contributed by atoms with Crippen LogP contribution in [0.3, 0.4) is 0 Å². The molecule has 124 valence electrons. The molecule has 1 aliphatic carbocycles. The van der Waals surface area contributed by atoms with Crippen molar-refractivity contribution in [1.29, 1.82) is 0 Å². The Hall–Kier alpha value is -1.59. The van der Waals surface area contributed by atoms with Crippen molar-refractivity contribution < 1.29 is 4.79 Å². The Kier molecular flexibility index (Phi) is 4.22. The molecular weight excluding hydrogens is 336 g/mol. The quantitative estimate of drug-likeness (QED) is 0.840. The van der Waals surface area contributed by atoms with E-state index in [4.69, 9.17) is 0 Å². The fourth-order valence-corrected chi connectivity index (χ4v) is 5.93. The number of amides is 1. The highest BCUT2D eigenvalue weighted by Gasteiger charge is 2.26. The van der Waals surface area contributed by atoms with Crippen molar-refractivity contribution in [2.75, 3.05) is 5.32 Å². The molecule has 0 saturated carbocycles. The van der Waals surface area contributed by atoms with Gasteiger partial charge in [-0.2, -0.15) is 0 Å². The van der Waals surface area contributed by atoms with Gasteiger partial charge in [0.15, 0.2) is 0 Å². The van der Waals surface area contributed by atoms with Gasteiger partial charge in [-0.15, -0.1) is 23.1 Å². The molecule has 3 heterocycles. The fraction of sp³-hybridized carbons (Fsp3) is 0.368. The average Bonchev–Trinajstić information content (AvgIpc) is 2.93. The maximum absolute atomic E-state index is 12.5. The molecule has 1 N–H and O–H groups in total. The van der Waals surface area contributed by atoms with E-state index in [1.807, 2.05) is 30.4 Å². The molecule has 2 aromatic rings. The third-order valence-corrected chi connectivity index (χ3v) is 6.95. The van der Waals surface area contributed by atoms with E-state index in [0.717, 1.165) is 22.1 Å². The van der Waals surface area contributed by atoms with Gasteiger partial charge in [-0.25, -0.2) is 4.98 Å². The summed E-state index contributed by atoms with van der Waals surface area (Å²) in [6.07, 6.45) is 7.52. The highest BCUT2D eigenvalue weighted by atomic mass is 32.2. The predicted molar refractivity (Wildman–Crippen MR) is 102 cm³/mol. The van der Waals surface area contributed by atoms with Gasteiger partial charge < -0.3 is 5.32 Å². The molecule has 0 saturated heterocycles. The van der Waals surface area contributed by atoms with Crippen LogP contribution < -0.4 is 5.32 Å². The van der Waals surface area contributed by atoms with Gasteiger partial charge in [-0.1, -0.05) is 13.0 Å². The SMILES string of the molecule is Cc1ccc(NC(=O)C2=Cc3sc4c(c3CS2)CC[C@@H](C)C4)nc1. The lowest BCUT2D eigenvalue weighted by atomic mass is 9.88. The summed E-state index contributed by atoms with van der Waals surface area (Å²) in [6, 6.07) is 3.80. The van der Waals surface area contributed by atoms with Crippen LogP contribution in [0.15, 0.2) is 23.2 Å². The first-order valence-corrected chi connectivity index (χ1v) is 10.1. The Morgan fingerprint density at radius 1 is 1.33 bits per heavy atom. The summed E-state index contributed by atoms with van der Waals surface area (Å²) in [4.78, 5) is 20.4. The lowest BCUT2D eigenvalue weighted by Gasteiger charge is -2.19. The topological polar surface area (TPSA) is 42.0 Å². The fourth-order valence-electron chi connectivity index (χ4n) is 3.27. The van der Waals surface area contributed by atoms with Crippen molar-refractivity contribution >= 4 is 40.9 Å². The molecule has 1 atom stereocenters. The first kappa shape index (κ1) is 15.9. The first-order chi connectivity index (χ1) is 11.6. The normalized spacial score (nSPS) is 19.2. The number of nitrogens with one attached hydrogen (secondary N) is 1. The van der Waals surface area contributed by atoms with Crippen molar-refractivity contribution in [2.24, 2.45) is 5.92 Å². The second-order valence-electron chi connectivity index (χ2n) is 6.67. The molecule has 24 heavy (non-hydrogen) atoms. The van der Waals surface area contributed by atoms with Crippen molar-refractivity contribution in [3.63, 3.8) is 0 Å². The minimum Gasteiger partial charge on any atom is -0.306 e. The van der Waals surface area contributed by atoms with E-state index < -0.39 is 0 Å². The number of aromatic nitrogens is 1. The molecule has 4 rings (SSSR count). The molecule has 3 nitrogen and oxygen atoms in total. The number of anilines is 1. The molecule has 0 radical (unpaired) electrons. The van der Waals surface area contributed by atoms with E-state index >= 15 is 0 Å². The van der Waals surface area contributed by atoms with E-state index in [9.17, 15) is 4.79 Å². The summed E-state index contributed by atoms with van der Waals surface area (Å²) in [5, 5.41) is 2.90. The number of aryl methyl sites for hydroxylation is 1.